The van der Waals surface area contributed by atoms with Gasteiger partial charge in [0.05, 0.1) is 4.90 Å². The van der Waals surface area contributed by atoms with Crippen LogP contribution in [-0.2, 0) is 10.1 Å². The number of hydrogen-bond donors (Lipinski definition) is 1. The minimum absolute atomic E-state index is 0.0203. The summed E-state index contributed by atoms with van der Waals surface area (Å²) in [5.41, 5.74) is 2.66. The summed E-state index contributed by atoms with van der Waals surface area (Å²) >= 11 is 3.40. The first-order valence-electron chi connectivity index (χ1n) is 5.75. The second-order valence-electron chi connectivity index (χ2n) is 4.20. The second-order valence-corrected chi connectivity index (χ2v) is 7.50. The van der Waals surface area contributed by atoms with E-state index in [2.05, 4.69) is 10.4 Å². The zero-order valence-electron chi connectivity index (χ0n) is 11.7. The molecule has 0 amide bonds. The zero-order valence-corrected chi connectivity index (χ0v) is 14.2. The van der Waals surface area contributed by atoms with E-state index in [4.69, 9.17) is 4.55 Å². The van der Waals surface area contributed by atoms with E-state index in [9.17, 15) is 8.42 Å². The van der Waals surface area contributed by atoms with Gasteiger partial charge < -0.3 is 0 Å². The lowest BCUT2D eigenvalue weighted by atomic mass is 10.2. The van der Waals surface area contributed by atoms with Gasteiger partial charge in [-0.3, -0.25) is 4.55 Å². The molecule has 1 N–H and O–H groups in total. The van der Waals surface area contributed by atoms with Gasteiger partial charge in [-0.15, -0.1) is 11.3 Å². The summed E-state index contributed by atoms with van der Waals surface area (Å²) in [5.74, 6) is 0. The average Bonchev–Trinajstić information content (AvgIpc) is 2.74. The van der Waals surface area contributed by atoms with Gasteiger partial charge in [0.15, 0.2) is 0 Å². The van der Waals surface area contributed by atoms with Crippen molar-refractivity contribution in [3.05, 3.63) is 40.4 Å². The van der Waals surface area contributed by atoms with Crippen molar-refractivity contribution >= 4 is 33.2 Å². The van der Waals surface area contributed by atoms with Gasteiger partial charge >= 0.3 is 0 Å². The summed E-state index contributed by atoms with van der Waals surface area (Å²) in [6.07, 6.45) is 2.04. The van der Waals surface area contributed by atoms with E-state index < -0.39 is 10.1 Å². The van der Waals surface area contributed by atoms with Gasteiger partial charge in [-0.25, -0.2) is 4.98 Å². The monoisotopic (exact) mass is 331 g/mol. The number of thioether (sulfide) groups is 1. The van der Waals surface area contributed by atoms with E-state index >= 15 is 0 Å². The third kappa shape index (κ3) is 5.24. The highest BCUT2D eigenvalue weighted by Gasteiger charge is 2.11. The number of rotatable bonds is 2. The fraction of sp³-hybridized carbons (Fsp3) is 0.308. The molecule has 1 aromatic carbocycles. The molecule has 0 saturated heterocycles. The molecule has 7 heteroatoms. The quantitative estimate of drug-likeness (QED) is 0.671. The Kier molecular flexibility index (Phi) is 6.19. The fourth-order valence-corrected chi connectivity index (χ4v) is 3.51. The third-order valence-corrected chi connectivity index (χ3v) is 5.38. The summed E-state index contributed by atoms with van der Waals surface area (Å²) in [4.78, 5) is 4.19. The molecule has 0 atom stereocenters. The van der Waals surface area contributed by atoms with Crippen LogP contribution in [-0.4, -0.2) is 24.2 Å². The van der Waals surface area contributed by atoms with Crippen LogP contribution < -0.4 is 0 Å². The number of nitrogens with zero attached hydrogens (tertiary/aromatic N) is 1. The number of aromatic nitrogens is 1. The average molecular weight is 331 g/mol. The highest BCUT2D eigenvalue weighted by Crippen LogP contribution is 2.18. The van der Waals surface area contributed by atoms with Crippen molar-refractivity contribution in [1.82, 2.24) is 4.98 Å². The topological polar surface area (TPSA) is 67.3 Å². The largest absolute Gasteiger partial charge is 0.294 e. The van der Waals surface area contributed by atoms with Crippen molar-refractivity contribution in [3.63, 3.8) is 0 Å². The highest BCUT2D eigenvalue weighted by molar-refractivity contribution is 8.00. The zero-order chi connectivity index (χ0) is 15.3. The molecule has 0 saturated carbocycles. The molecule has 0 aliphatic rings. The SMILES string of the molecule is CSc1nc(C)cs1.Cc1ccc(S(=O)(=O)O)c(C)c1. The summed E-state index contributed by atoms with van der Waals surface area (Å²) in [6, 6.07) is 4.76. The van der Waals surface area contributed by atoms with E-state index in [1.807, 2.05) is 20.1 Å². The Balaban J connectivity index is 0.000000217. The predicted molar refractivity (Wildman–Crippen MR) is 84.4 cm³/mol. The maximum Gasteiger partial charge on any atom is 0.294 e. The van der Waals surface area contributed by atoms with Crippen LogP contribution in [0.4, 0.5) is 0 Å². The molecule has 2 rings (SSSR count). The van der Waals surface area contributed by atoms with Crippen molar-refractivity contribution in [3.8, 4) is 0 Å². The van der Waals surface area contributed by atoms with E-state index in [-0.39, 0.29) is 4.90 Å². The number of hydrogen-bond acceptors (Lipinski definition) is 5. The Hall–Kier alpha value is -0.890. The second kappa shape index (κ2) is 7.21. The van der Waals surface area contributed by atoms with Gasteiger partial charge in [0.1, 0.15) is 4.34 Å². The first-order chi connectivity index (χ1) is 9.24. The molecule has 0 spiro atoms. The molecule has 0 aliphatic carbocycles. The van der Waals surface area contributed by atoms with Gasteiger partial charge in [0.2, 0.25) is 0 Å². The summed E-state index contributed by atoms with van der Waals surface area (Å²) in [6.45, 7) is 5.52. The molecule has 1 aromatic heterocycles. The predicted octanol–water partition coefficient (Wildman–Crippen LogP) is 3.72. The molecule has 0 radical (unpaired) electrons. The number of aryl methyl sites for hydroxylation is 3. The van der Waals surface area contributed by atoms with Crippen LogP contribution in [0.1, 0.15) is 16.8 Å². The van der Waals surface area contributed by atoms with Crippen molar-refractivity contribution in [2.45, 2.75) is 30.0 Å². The van der Waals surface area contributed by atoms with E-state index in [1.54, 1.807) is 42.2 Å². The van der Waals surface area contributed by atoms with Crippen molar-refractivity contribution in [1.29, 1.82) is 0 Å². The highest BCUT2D eigenvalue weighted by atomic mass is 32.2. The molecular formula is C13H17NO3S3. The smallest absolute Gasteiger partial charge is 0.282 e. The first-order valence-corrected chi connectivity index (χ1v) is 9.29. The molecule has 0 bridgehead atoms. The Labute approximate surface area is 128 Å². The Bertz CT molecular complexity index is 678. The lowest BCUT2D eigenvalue weighted by Crippen LogP contribution is -2.00. The van der Waals surface area contributed by atoms with Crippen LogP contribution in [0.15, 0.2) is 32.8 Å². The summed E-state index contributed by atoms with van der Waals surface area (Å²) in [5, 5.41) is 2.06. The van der Waals surface area contributed by atoms with Gasteiger partial charge in [-0.05, 0) is 38.7 Å². The van der Waals surface area contributed by atoms with E-state index in [0.29, 0.717) is 5.56 Å². The van der Waals surface area contributed by atoms with Gasteiger partial charge in [0.25, 0.3) is 10.1 Å². The lowest BCUT2D eigenvalue weighted by Gasteiger charge is -2.02. The van der Waals surface area contributed by atoms with E-state index in [0.717, 1.165) is 15.6 Å². The van der Waals surface area contributed by atoms with Crippen LogP contribution in [0.3, 0.4) is 0 Å². The summed E-state index contributed by atoms with van der Waals surface area (Å²) < 4.78 is 31.3. The molecule has 0 aliphatic heterocycles. The van der Waals surface area contributed by atoms with Crippen molar-refractivity contribution in [2.24, 2.45) is 0 Å². The van der Waals surface area contributed by atoms with Crippen LogP contribution in [0, 0.1) is 20.8 Å². The Morgan fingerprint density at radius 3 is 2.25 bits per heavy atom. The standard InChI is InChI=1S/C8H10O3S.C5H7NS2/c1-6-3-4-8(7(2)5-6)12(9,10)11;1-4-3-8-5(6-4)7-2/h3-5H,1-2H3,(H,9,10,11);3H,1-2H3. The maximum atomic E-state index is 10.7. The van der Waals surface area contributed by atoms with Crippen LogP contribution in [0.5, 0.6) is 0 Å². The minimum atomic E-state index is -4.05. The molecule has 20 heavy (non-hydrogen) atoms. The van der Waals surface area contributed by atoms with Crippen LogP contribution >= 0.6 is 23.1 Å². The van der Waals surface area contributed by atoms with Gasteiger partial charge in [-0.1, -0.05) is 29.5 Å². The molecule has 110 valence electrons. The van der Waals surface area contributed by atoms with Crippen LogP contribution in [0.2, 0.25) is 0 Å². The summed E-state index contributed by atoms with van der Waals surface area (Å²) in [7, 11) is -4.05. The minimum Gasteiger partial charge on any atom is -0.282 e. The van der Waals surface area contributed by atoms with Crippen molar-refractivity contribution in [2.75, 3.05) is 6.26 Å². The maximum absolute atomic E-state index is 10.7. The van der Waals surface area contributed by atoms with E-state index in [1.165, 1.54) is 6.07 Å². The Morgan fingerprint density at radius 1 is 1.25 bits per heavy atom. The third-order valence-electron chi connectivity index (χ3n) is 2.38. The normalized spacial score (nSPS) is 10.8. The molecule has 4 nitrogen and oxygen atoms in total. The first kappa shape index (κ1) is 17.2. The molecular weight excluding hydrogens is 314 g/mol. The van der Waals surface area contributed by atoms with Crippen molar-refractivity contribution < 1.29 is 13.0 Å². The Morgan fingerprint density at radius 2 is 1.90 bits per heavy atom. The lowest BCUT2D eigenvalue weighted by molar-refractivity contribution is 0.482. The molecule has 0 unspecified atom stereocenters. The molecule has 2 aromatic rings. The molecule has 0 fully saturated rings. The van der Waals surface area contributed by atoms with Gasteiger partial charge in [-0.2, -0.15) is 8.42 Å². The number of benzene rings is 1. The van der Waals surface area contributed by atoms with Crippen LogP contribution in [0.25, 0.3) is 0 Å². The number of thiazole rings is 1. The molecule has 1 heterocycles. The van der Waals surface area contributed by atoms with Gasteiger partial charge in [0, 0.05) is 11.1 Å². The fourth-order valence-electron chi connectivity index (χ4n) is 1.51.